The maximum Gasteiger partial charge on any atom is 0.253 e. The van der Waals surface area contributed by atoms with E-state index in [-0.39, 0.29) is 11.9 Å². The van der Waals surface area contributed by atoms with E-state index >= 15 is 0 Å². The lowest BCUT2D eigenvalue weighted by atomic mass is 9.90. The topological polar surface area (TPSA) is 90.4 Å². The van der Waals surface area contributed by atoms with Crippen molar-refractivity contribution in [1.29, 1.82) is 0 Å². The van der Waals surface area contributed by atoms with Gasteiger partial charge in [-0.15, -0.1) is 0 Å². The third-order valence-corrected chi connectivity index (χ3v) is 5.74. The minimum Gasteiger partial charge on any atom is -0.378 e. The van der Waals surface area contributed by atoms with E-state index in [1.54, 1.807) is 12.1 Å². The molecule has 2 aromatic rings. The quantitative estimate of drug-likeness (QED) is 0.611. The number of hydrogen-bond donors (Lipinski definition) is 3. The van der Waals surface area contributed by atoms with Crippen LogP contribution < -0.4 is 15.5 Å². The van der Waals surface area contributed by atoms with Crippen molar-refractivity contribution in [3.63, 3.8) is 0 Å². The molecular weight excluding hydrogens is 434 g/mol. The van der Waals surface area contributed by atoms with E-state index < -0.39 is 6.10 Å². The second-order valence-electron chi connectivity index (χ2n) is 7.75. The largest absolute Gasteiger partial charge is 0.378 e. The summed E-state index contributed by atoms with van der Waals surface area (Å²) in [5.41, 5.74) is 1.61. The molecule has 156 valence electrons. The summed E-state index contributed by atoms with van der Waals surface area (Å²) < 4.78 is 0.913. The van der Waals surface area contributed by atoms with Crippen LogP contribution in [0.2, 0.25) is 0 Å². The van der Waals surface area contributed by atoms with E-state index in [4.69, 9.17) is 0 Å². The molecule has 1 atom stereocenters. The molecule has 1 unspecified atom stereocenters. The Bertz CT molecular complexity index is 835. The van der Waals surface area contributed by atoms with Crippen molar-refractivity contribution in [2.75, 3.05) is 24.3 Å². The maximum absolute atomic E-state index is 12.4. The van der Waals surface area contributed by atoms with Gasteiger partial charge in [-0.1, -0.05) is 28.1 Å². The predicted octanol–water partition coefficient (Wildman–Crippen LogP) is 3.19. The molecule has 1 heterocycles. The number of carbonyl (C=O) groups excluding carboxylic acids is 1. The van der Waals surface area contributed by atoms with Gasteiger partial charge in [-0.2, -0.15) is 4.98 Å². The van der Waals surface area contributed by atoms with Gasteiger partial charge in [0.1, 0.15) is 5.82 Å². The normalized spacial score (nSPS) is 20.0. The van der Waals surface area contributed by atoms with Crippen LogP contribution >= 0.6 is 15.9 Å². The molecule has 3 N–H and O–H groups in total. The van der Waals surface area contributed by atoms with Crippen molar-refractivity contribution in [2.24, 2.45) is 0 Å². The van der Waals surface area contributed by atoms with E-state index in [9.17, 15) is 9.90 Å². The summed E-state index contributed by atoms with van der Waals surface area (Å²) in [6.07, 6.45) is 4.27. The Morgan fingerprint density at radius 3 is 2.41 bits per heavy atom. The summed E-state index contributed by atoms with van der Waals surface area (Å²) in [4.78, 5) is 23.2. The number of aryl methyl sites for hydroxylation is 1. The first-order valence-electron chi connectivity index (χ1n) is 9.85. The number of nitrogens with zero attached hydrogens (tertiary/aromatic N) is 3. The average Bonchev–Trinajstić information content (AvgIpc) is 2.71. The van der Waals surface area contributed by atoms with E-state index in [0.29, 0.717) is 17.6 Å². The summed E-state index contributed by atoms with van der Waals surface area (Å²) in [5, 5.41) is 16.8. The minimum absolute atomic E-state index is 0.0782. The number of rotatable bonds is 6. The Morgan fingerprint density at radius 1 is 1.17 bits per heavy atom. The summed E-state index contributed by atoms with van der Waals surface area (Å²) in [5.74, 6) is 1.20. The summed E-state index contributed by atoms with van der Waals surface area (Å²) in [7, 11) is 3.84. The third kappa shape index (κ3) is 5.67. The molecule has 8 heteroatoms. The van der Waals surface area contributed by atoms with E-state index in [1.807, 2.05) is 44.2 Å². The second kappa shape index (κ2) is 9.54. The second-order valence-corrected chi connectivity index (χ2v) is 8.67. The number of aliphatic hydroxyl groups excluding tert-OH is 1. The van der Waals surface area contributed by atoms with Crippen molar-refractivity contribution in [2.45, 2.75) is 50.8 Å². The van der Waals surface area contributed by atoms with Crippen LogP contribution in [0.3, 0.4) is 0 Å². The molecule has 0 aliphatic heterocycles. The fourth-order valence-corrected chi connectivity index (χ4v) is 3.71. The molecule has 1 fully saturated rings. The number of aliphatic hydroxyl groups is 1. The molecule has 0 radical (unpaired) electrons. The van der Waals surface area contributed by atoms with Gasteiger partial charge in [-0.05, 0) is 50.3 Å². The molecule has 7 nitrogen and oxygen atoms in total. The number of aromatic nitrogens is 2. The van der Waals surface area contributed by atoms with Gasteiger partial charge in [0.25, 0.3) is 5.91 Å². The summed E-state index contributed by atoms with van der Waals surface area (Å²) >= 11 is 3.36. The van der Waals surface area contributed by atoms with Gasteiger partial charge in [-0.25, -0.2) is 4.98 Å². The third-order valence-electron chi connectivity index (χ3n) is 5.21. The lowest BCUT2D eigenvalue weighted by Gasteiger charge is -2.31. The minimum atomic E-state index is -1.15. The van der Waals surface area contributed by atoms with Gasteiger partial charge < -0.3 is 20.6 Å². The molecule has 1 aliphatic carbocycles. The molecule has 1 aliphatic rings. The van der Waals surface area contributed by atoms with Crippen molar-refractivity contribution >= 4 is 33.6 Å². The average molecular weight is 462 g/mol. The standard InChI is InChI=1S/C21H28BrN5O2/c1-13-12-23-21(27(2)3)26-19(13)24-16-8-10-17(11-9-16)25-20(29)18(28)14-4-6-15(22)7-5-14/h4-7,12,16-18,28H,8-11H2,1-3H3,(H,25,29)(H,23,24,26)/t16-,17+,18?. The number of carbonyl (C=O) groups is 1. The number of anilines is 2. The van der Waals surface area contributed by atoms with Crippen LogP contribution in [0.15, 0.2) is 34.9 Å². The number of benzene rings is 1. The molecule has 0 bridgehead atoms. The van der Waals surface area contributed by atoms with Crippen molar-refractivity contribution in [3.8, 4) is 0 Å². The molecule has 1 saturated carbocycles. The van der Waals surface area contributed by atoms with Crippen LogP contribution in [-0.2, 0) is 4.79 Å². The van der Waals surface area contributed by atoms with E-state index in [0.717, 1.165) is 41.5 Å². The lowest BCUT2D eigenvalue weighted by Crippen LogP contribution is -2.42. The first-order chi connectivity index (χ1) is 13.8. The summed E-state index contributed by atoms with van der Waals surface area (Å²) in [6.45, 7) is 2.00. The highest BCUT2D eigenvalue weighted by Crippen LogP contribution is 2.25. The molecule has 1 aromatic carbocycles. The Morgan fingerprint density at radius 2 is 1.79 bits per heavy atom. The smallest absolute Gasteiger partial charge is 0.253 e. The highest BCUT2D eigenvalue weighted by Gasteiger charge is 2.26. The zero-order valence-corrected chi connectivity index (χ0v) is 18.6. The van der Waals surface area contributed by atoms with Crippen molar-refractivity contribution in [1.82, 2.24) is 15.3 Å². The first kappa shape index (κ1) is 21.5. The van der Waals surface area contributed by atoms with Crippen molar-refractivity contribution < 1.29 is 9.90 Å². The summed E-state index contributed by atoms with van der Waals surface area (Å²) in [6, 6.07) is 7.53. The molecule has 1 amide bonds. The molecule has 1 aromatic heterocycles. The molecular formula is C21H28BrN5O2. The van der Waals surface area contributed by atoms with E-state index in [1.165, 1.54) is 0 Å². The van der Waals surface area contributed by atoms with Gasteiger partial charge in [0.2, 0.25) is 5.95 Å². The molecule has 3 rings (SSSR count). The Balaban J connectivity index is 1.51. The van der Waals surface area contributed by atoms with Crippen LogP contribution in [0.5, 0.6) is 0 Å². The van der Waals surface area contributed by atoms with E-state index in [2.05, 4.69) is 36.5 Å². The maximum atomic E-state index is 12.4. The van der Waals surface area contributed by atoms with Crippen LogP contribution in [0, 0.1) is 6.92 Å². The van der Waals surface area contributed by atoms with Crippen LogP contribution in [0.25, 0.3) is 0 Å². The highest BCUT2D eigenvalue weighted by atomic mass is 79.9. The Hall–Kier alpha value is -2.19. The molecule has 0 spiro atoms. The van der Waals surface area contributed by atoms with Crippen LogP contribution in [-0.4, -0.2) is 47.2 Å². The van der Waals surface area contributed by atoms with Crippen LogP contribution in [0.1, 0.15) is 42.9 Å². The molecule has 29 heavy (non-hydrogen) atoms. The fraction of sp³-hybridized carbons (Fsp3) is 0.476. The Kier molecular flexibility index (Phi) is 7.08. The first-order valence-corrected chi connectivity index (χ1v) is 10.6. The molecule has 0 saturated heterocycles. The number of hydrogen-bond acceptors (Lipinski definition) is 6. The van der Waals surface area contributed by atoms with Gasteiger partial charge in [0, 0.05) is 42.4 Å². The Labute approximate surface area is 180 Å². The van der Waals surface area contributed by atoms with Gasteiger partial charge in [-0.3, -0.25) is 4.79 Å². The predicted molar refractivity (Wildman–Crippen MR) is 118 cm³/mol. The number of halogens is 1. The highest BCUT2D eigenvalue weighted by molar-refractivity contribution is 9.10. The van der Waals surface area contributed by atoms with Gasteiger partial charge in [0.05, 0.1) is 0 Å². The van der Waals surface area contributed by atoms with Crippen LogP contribution in [0.4, 0.5) is 11.8 Å². The van der Waals surface area contributed by atoms with Gasteiger partial charge >= 0.3 is 0 Å². The monoisotopic (exact) mass is 461 g/mol. The SMILES string of the molecule is Cc1cnc(N(C)C)nc1N[C@H]1CC[C@@H](NC(=O)C(O)c2ccc(Br)cc2)CC1. The number of amides is 1. The fourth-order valence-electron chi connectivity index (χ4n) is 3.45. The van der Waals surface area contributed by atoms with Gasteiger partial charge in [0.15, 0.2) is 6.10 Å². The zero-order valence-electron chi connectivity index (χ0n) is 17.0. The lowest BCUT2D eigenvalue weighted by molar-refractivity contribution is -0.130. The zero-order chi connectivity index (χ0) is 21.0. The van der Waals surface area contributed by atoms with Crippen molar-refractivity contribution in [3.05, 3.63) is 46.1 Å². The number of nitrogens with one attached hydrogen (secondary N) is 2.